The Balaban J connectivity index is 2.22. The van der Waals surface area contributed by atoms with Crippen molar-refractivity contribution in [2.45, 2.75) is 71.9 Å². The van der Waals surface area contributed by atoms with Crippen LogP contribution in [0.25, 0.3) is 11.0 Å². The predicted molar refractivity (Wildman–Crippen MR) is 109 cm³/mol. The smallest absolute Gasteiger partial charge is 0.254 e. The topological polar surface area (TPSA) is 66.0 Å². The van der Waals surface area contributed by atoms with E-state index in [1.165, 1.54) is 32.1 Å². The van der Waals surface area contributed by atoms with Gasteiger partial charge in [0.05, 0.1) is 33.3 Å². The summed E-state index contributed by atoms with van der Waals surface area (Å²) in [6.07, 6.45) is 7.54. The van der Waals surface area contributed by atoms with E-state index in [2.05, 4.69) is 11.5 Å². The maximum atomic E-state index is 10.9. The number of halogens is 2. The number of hydrogen-bond donors (Lipinski definition) is 0. The van der Waals surface area contributed by atoms with Crippen LogP contribution in [0.2, 0.25) is 10.0 Å². The maximum absolute atomic E-state index is 10.9. The number of aromatic nitrogens is 2. The van der Waals surface area contributed by atoms with Crippen LogP contribution in [0, 0.1) is 6.92 Å². The Labute approximate surface area is 172 Å². The van der Waals surface area contributed by atoms with Gasteiger partial charge in [0, 0.05) is 24.8 Å². The second-order valence-corrected chi connectivity index (χ2v) is 9.33. The maximum Gasteiger partial charge on any atom is 0.254 e. The van der Waals surface area contributed by atoms with Crippen molar-refractivity contribution in [2.75, 3.05) is 5.75 Å². The van der Waals surface area contributed by atoms with E-state index >= 15 is 0 Å². The molecule has 27 heavy (non-hydrogen) atoms. The van der Waals surface area contributed by atoms with E-state index in [1.54, 1.807) is 0 Å². The molecule has 0 saturated carbocycles. The SMILES string of the molecule is CCCCCCCCn1c(C)[n+](CCCS(=O)(=O)[O-])c2cc(Cl)c(Cl)cc21. The fraction of sp³-hybridized carbons (Fsp3) is 0.632. The first-order chi connectivity index (χ1) is 12.7. The van der Waals surface area contributed by atoms with Gasteiger partial charge < -0.3 is 4.55 Å². The van der Waals surface area contributed by atoms with Gasteiger partial charge in [-0.05, 0) is 19.3 Å². The van der Waals surface area contributed by atoms with Gasteiger partial charge in [-0.2, -0.15) is 0 Å². The summed E-state index contributed by atoms with van der Waals surface area (Å²) < 4.78 is 37.0. The molecule has 8 heteroatoms. The van der Waals surface area contributed by atoms with E-state index in [4.69, 9.17) is 23.2 Å². The van der Waals surface area contributed by atoms with Gasteiger partial charge in [0.25, 0.3) is 5.82 Å². The first-order valence-electron chi connectivity index (χ1n) is 9.56. The number of rotatable bonds is 11. The molecule has 5 nitrogen and oxygen atoms in total. The average molecular weight is 435 g/mol. The van der Waals surface area contributed by atoms with Crippen molar-refractivity contribution in [2.24, 2.45) is 0 Å². The highest BCUT2D eigenvalue weighted by Gasteiger charge is 2.23. The lowest BCUT2D eigenvalue weighted by atomic mass is 10.1. The molecule has 0 aliphatic rings. The molecule has 0 spiro atoms. The van der Waals surface area contributed by atoms with Gasteiger partial charge in [-0.1, -0.05) is 55.8 Å². The molecular weight excluding hydrogens is 407 g/mol. The minimum Gasteiger partial charge on any atom is -0.748 e. The van der Waals surface area contributed by atoms with Crippen molar-refractivity contribution in [1.29, 1.82) is 0 Å². The number of nitrogens with zero attached hydrogens (tertiary/aromatic N) is 2. The number of unbranched alkanes of at least 4 members (excludes halogenated alkanes) is 5. The summed E-state index contributed by atoms with van der Waals surface area (Å²) >= 11 is 12.4. The molecule has 0 radical (unpaired) electrons. The number of aryl methyl sites for hydroxylation is 2. The Morgan fingerprint density at radius 3 is 2.33 bits per heavy atom. The van der Waals surface area contributed by atoms with Crippen LogP contribution in [0.3, 0.4) is 0 Å². The molecule has 0 bridgehead atoms. The zero-order chi connectivity index (χ0) is 20.0. The van der Waals surface area contributed by atoms with E-state index in [0.717, 1.165) is 29.8 Å². The van der Waals surface area contributed by atoms with E-state index in [-0.39, 0.29) is 12.2 Å². The molecular formula is C19H28Cl2N2O3S. The van der Waals surface area contributed by atoms with Gasteiger partial charge in [-0.25, -0.2) is 17.6 Å². The van der Waals surface area contributed by atoms with E-state index in [1.807, 2.05) is 23.6 Å². The largest absolute Gasteiger partial charge is 0.748 e. The molecule has 2 aromatic rings. The first-order valence-corrected chi connectivity index (χ1v) is 11.9. The van der Waals surface area contributed by atoms with Gasteiger partial charge in [-0.15, -0.1) is 0 Å². The van der Waals surface area contributed by atoms with Crippen LogP contribution in [0.5, 0.6) is 0 Å². The predicted octanol–water partition coefficient (Wildman–Crippen LogP) is 4.84. The third kappa shape index (κ3) is 6.34. The fourth-order valence-corrected chi connectivity index (χ4v) is 4.27. The quantitative estimate of drug-likeness (QED) is 0.288. The molecule has 0 saturated heterocycles. The lowest BCUT2D eigenvalue weighted by Crippen LogP contribution is -2.37. The standard InChI is InChI=1S/C19H28Cl2N2O3S/c1-3-4-5-6-7-8-10-22-15(2)23(11-9-12-27(24,25)26)19-14-17(21)16(20)13-18(19)22/h13-14H,3-12H2,1-2H3. The van der Waals surface area contributed by atoms with Crippen LogP contribution in [0.4, 0.5) is 0 Å². The normalized spacial score (nSPS) is 12.2. The van der Waals surface area contributed by atoms with Gasteiger partial charge in [-0.3, -0.25) is 0 Å². The summed E-state index contributed by atoms with van der Waals surface area (Å²) in [6.45, 7) is 5.54. The van der Waals surface area contributed by atoms with E-state index in [9.17, 15) is 13.0 Å². The van der Waals surface area contributed by atoms with Crippen molar-refractivity contribution in [3.63, 3.8) is 0 Å². The highest BCUT2D eigenvalue weighted by atomic mass is 35.5. The molecule has 152 valence electrons. The molecule has 0 unspecified atom stereocenters. The summed E-state index contributed by atoms with van der Waals surface area (Å²) in [5.74, 6) is 0.644. The number of imidazole rings is 1. The zero-order valence-electron chi connectivity index (χ0n) is 16.0. The van der Waals surface area contributed by atoms with Gasteiger partial charge in [0.15, 0.2) is 11.0 Å². The van der Waals surface area contributed by atoms with Crippen LogP contribution < -0.4 is 4.57 Å². The lowest BCUT2D eigenvalue weighted by Gasteiger charge is -2.06. The Morgan fingerprint density at radius 2 is 1.67 bits per heavy atom. The molecule has 0 fully saturated rings. The van der Waals surface area contributed by atoms with Crippen molar-refractivity contribution in [3.8, 4) is 0 Å². The monoisotopic (exact) mass is 434 g/mol. The lowest BCUT2D eigenvalue weighted by molar-refractivity contribution is -0.678. The summed E-state index contributed by atoms with van der Waals surface area (Å²) in [4.78, 5) is 0. The van der Waals surface area contributed by atoms with Crippen LogP contribution in [-0.4, -0.2) is 23.3 Å². The molecule has 1 heterocycles. The highest BCUT2D eigenvalue weighted by molar-refractivity contribution is 7.85. The fourth-order valence-electron chi connectivity index (χ4n) is 3.47. The summed E-state index contributed by atoms with van der Waals surface area (Å²) in [6, 6.07) is 3.68. The van der Waals surface area contributed by atoms with Crippen LogP contribution in [0.15, 0.2) is 12.1 Å². The molecule has 0 N–H and O–H groups in total. The van der Waals surface area contributed by atoms with Crippen molar-refractivity contribution in [1.82, 2.24) is 4.57 Å². The third-order valence-electron chi connectivity index (χ3n) is 4.89. The van der Waals surface area contributed by atoms with Crippen molar-refractivity contribution in [3.05, 3.63) is 28.0 Å². The zero-order valence-corrected chi connectivity index (χ0v) is 18.3. The number of benzene rings is 1. The molecule has 2 rings (SSSR count). The van der Waals surface area contributed by atoms with Gasteiger partial charge in [0.2, 0.25) is 0 Å². The summed E-state index contributed by atoms with van der Waals surface area (Å²) in [7, 11) is -4.21. The van der Waals surface area contributed by atoms with Crippen molar-refractivity contribution >= 4 is 44.4 Å². The number of hydrogen-bond acceptors (Lipinski definition) is 3. The first kappa shape index (κ1) is 22.5. The Hall–Kier alpha value is -0.820. The summed E-state index contributed by atoms with van der Waals surface area (Å²) in [5, 5.41) is 0.964. The molecule has 1 aromatic carbocycles. The Morgan fingerprint density at radius 1 is 1.04 bits per heavy atom. The van der Waals surface area contributed by atoms with Crippen LogP contribution in [-0.2, 0) is 23.2 Å². The van der Waals surface area contributed by atoms with E-state index in [0.29, 0.717) is 16.6 Å². The number of fused-ring (bicyclic) bond motifs is 1. The second kappa shape index (κ2) is 10.1. The average Bonchev–Trinajstić information content (AvgIpc) is 2.82. The van der Waals surface area contributed by atoms with E-state index < -0.39 is 10.1 Å². The van der Waals surface area contributed by atoms with Crippen LogP contribution >= 0.6 is 23.2 Å². The molecule has 0 atom stereocenters. The summed E-state index contributed by atoms with van der Waals surface area (Å²) in [5.41, 5.74) is 1.90. The Kier molecular flexibility index (Phi) is 8.40. The van der Waals surface area contributed by atoms with Gasteiger partial charge in [0.1, 0.15) is 0 Å². The van der Waals surface area contributed by atoms with Gasteiger partial charge >= 0.3 is 0 Å². The molecule has 0 amide bonds. The second-order valence-electron chi connectivity index (χ2n) is 6.99. The molecule has 0 aliphatic heterocycles. The Bertz CT molecular complexity index is 879. The van der Waals surface area contributed by atoms with Crippen molar-refractivity contribution < 1.29 is 17.5 Å². The third-order valence-corrected chi connectivity index (χ3v) is 6.40. The highest BCUT2D eigenvalue weighted by Crippen LogP contribution is 2.28. The van der Waals surface area contributed by atoms with Crippen LogP contribution in [0.1, 0.15) is 57.7 Å². The minimum absolute atomic E-state index is 0.272. The molecule has 0 aliphatic carbocycles. The minimum atomic E-state index is -4.21. The molecule has 1 aromatic heterocycles.